The Bertz CT molecular complexity index is 888. The second kappa shape index (κ2) is 12.6. The van der Waals surface area contributed by atoms with Gasteiger partial charge >= 0.3 is 11.9 Å². The van der Waals surface area contributed by atoms with Crippen LogP contribution in [0.5, 0.6) is 0 Å². The molecule has 34 heavy (non-hydrogen) atoms. The molecule has 4 N–H and O–H groups in total. The van der Waals surface area contributed by atoms with Crippen molar-refractivity contribution in [3.63, 3.8) is 0 Å². The molecule has 1 aliphatic rings. The van der Waals surface area contributed by atoms with Crippen LogP contribution in [0.25, 0.3) is 0 Å². The molecule has 1 aliphatic carbocycles. The Labute approximate surface area is 208 Å². The van der Waals surface area contributed by atoms with Crippen molar-refractivity contribution in [2.75, 3.05) is 25.5 Å². The Morgan fingerprint density at radius 2 is 1.76 bits per heavy atom. The predicted molar refractivity (Wildman–Crippen MR) is 130 cm³/mol. The molecule has 0 aliphatic heterocycles. The van der Waals surface area contributed by atoms with Gasteiger partial charge in [-0.2, -0.15) is 0 Å². The van der Waals surface area contributed by atoms with E-state index in [4.69, 9.17) is 15.2 Å². The smallest absolute Gasteiger partial charge is 0.349 e. The number of carbonyl (C=O) groups is 3. The van der Waals surface area contributed by atoms with Gasteiger partial charge in [-0.15, -0.1) is 0 Å². The highest BCUT2D eigenvalue weighted by molar-refractivity contribution is 9.10. The first-order valence-electron chi connectivity index (χ1n) is 11.7. The Hall–Kier alpha value is -2.01. The van der Waals surface area contributed by atoms with Gasteiger partial charge in [0.05, 0.1) is 18.9 Å². The van der Waals surface area contributed by atoms with Crippen LogP contribution in [-0.2, 0) is 25.6 Å². The normalized spacial score (nSPS) is 17.1. The average molecular weight is 543 g/mol. The summed E-state index contributed by atoms with van der Waals surface area (Å²) in [6.07, 6.45) is 3.26. The molecule has 0 spiro atoms. The third kappa shape index (κ3) is 6.16. The van der Waals surface area contributed by atoms with Gasteiger partial charge in [0.25, 0.3) is 5.60 Å². The number of hydrogen-bond donors (Lipinski definition) is 3. The van der Waals surface area contributed by atoms with Gasteiger partial charge in [0.2, 0.25) is 5.78 Å². The van der Waals surface area contributed by atoms with E-state index in [-0.39, 0.29) is 18.8 Å². The van der Waals surface area contributed by atoms with Crippen LogP contribution in [0, 0.1) is 0 Å². The van der Waals surface area contributed by atoms with Crippen molar-refractivity contribution in [1.82, 2.24) is 4.90 Å². The Kier molecular flexibility index (Phi) is 10.5. The van der Waals surface area contributed by atoms with Crippen LogP contribution < -0.4 is 5.73 Å². The summed E-state index contributed by atoms with van der Waals surface area (Å²) in [5.74, 6) is -3.93. The topological polar surface area (TPSA) is 139 Å². The van der Waals surface area contributed by atoms with E-state index in [1.54, 1.807) is 0 Å². The molecule has 10 heteroatoms. The van der Waals surface area contributed by atoms with Gasteiger partial charge in [-0.25, -0.2) is 9.59 Å². The molecule has 0 radical (unpaired) electrons. The van der Waals surface area contributed by atoms with Gasteiger partial charge in [0.15, 0.2) is 6.10 Å². The first-order valence-corrected chi connectivity index (χ1v) is 12.5. The molecule has 0 amide bonds. The van der Waals surface area contributed by atoms with Crippen LogP contribution in [-0.4, -0.2) is 70.3 Å². The molecule has 2 unspecified atom stereocenters. The molecule has 0 aromatic heterocycles. The number of ketones is 1. The van der Waals surface area contributed by atoms with Crippen LogP contribution in [0.4, 0.5) is 5.69 Å². The Balaban J connectivity index is 2.46. The molecule has 1 saturated carbocycles. The molecule has 0 heterocycles. The summed E-state index contributed by atoms with van der Waals surface area (Å²) < 4.78 is 9.94. The van der Waals surface area contributed by atoms with E-state index in [1.165, 1.54) is 32.4 Å². The van der Waals surface area contributed by atoms with E-state index in [1.807, 2.05) is 0 Å². The van der Waals surface area contributed by atoms with Gasteiger partial charge in [0, 0.05) is 22.6 Å². The van der Waals surface area contributed by atoms with Gasteiger partial charge < -0.3 is 25.4 Å². The van der Waals surface area contributed by atoms with Crippen molar-refractivity contribution in [2.45, 2.75) is 77.2 Å². The molecule has 0 bridgehead atoms. The van der Waals surface area contributed by atoms with Gasteiger partial charge in [0.1, 0.15) is 0 Å². The van der Waals surface area contributed by atoms with Crippen molar-refractivity contribution in [2.24, 2.45) is 0 Å². The molecule has 1 fully saturated rings. The average Bonchev–Trinajstić information content (AvgIpc) is 2.84. The van der Waals surface area contributed by atoms with E-state index < -0.39 is 29.4 Å². The number of esters is 2. The zero-order chi connectivity index (χ0) is 25.5. The molecule has 0 saturated heterocycles. The lowest BCUT2D eigenvalue weighted by Crippen LogP contribution is -2.60. The van der Waals surface area contributed by atoms with E-state index >= 15 is 0 Å². The molecular weight excluding hydrogens is 508 g/mol. The summed E-state index contributed by atoms with van der Waals surface area (Å²) in [6, 6.07) is 3.23. The number of aliphatic hydroxyl groups excluding tert-OH is 1. The van der Waals surface area contributed by atoms with Crippen LogP contribution in [0.15, 0.2) is 16.6 Å². The van der Waals surface area contributed by atoms with Crippen molar-refractivity contribution in [3.8, 4) is 0 Å². The maximum Gasteiger partial charge on any atom is 0.349 e. The lowest BCUT2D eigenvalue weighted by molar-refractivity contribution is -0.182. The summed E-state index contributed by atoms with van der Waals surface area (Å²) >= 11 is 3.35. The van der Waals surface area contributed by atoms with Crippen molar-refractivity contribution < 1.29 is 34.1 Å². The third-order valence-electron chi connectivity index (χ3n) is 6.19. The lowest BCUT2D eigenvalue weighted by atomic mass is 9.86. The number of benzene rings is 1. The minimum absolute atomic E-state index is 0.102. The number of nitrogen functional groups attached to an aromatic ring is 1. The van der Waals surface area contributed by atoms with Gasteiger partial charge in [-0.3, -0.25) is 9.69 Å². The number of nitrogens with two attached hydrogens (primary N) is 1. The second-order valence-electron chi connectivity index (χ2n) is 8.36. The predicted octanol–water partition coefficient (Wildman–Crippen LogP) is 2.59. The summed E-state index contributed by atoms with van der Waals surface area (Å²) in [6.45, 7) is 5.98. The minimum atomic E-state index is -3.18. The van der Waals surface area contributed by atoms with E-state index in [2.05, 4.69) is 27.8 Å². The van der Waals surface area contributed by atoms with E-state index in [0.717, 1.165) is 32.2 Å². The number of aliphatic hydroxyl groups is 2. The molecule has 2 rings (SSSR count). The molecule has 1 aromatic carbocycles. The van der Waals surface area contributed by atoms with Crippen molar-refractivity contribution >= 4 is 39.3 Å². The number of anilines is 1. The summed E-state index contributed by atoms with van der Waals surface area (Å²) in [5.41, 5.74) is 4.06. The van der Waals surface area contributed by atoms with E-state index in [0.29, 0.717) is 28.3 Å². The fourth-order valence-electron chi connectivity index (χ4n) is 4.28. The number of Topliss-reactive ketones (excluding diaryl/α,β-unsaturated/α-hetero) is 1. The van der Waals surface area contributed by atoms with Crippen LogP contribution >= 0.6 is 15.9 Å². The minimum Gasteiger partial charge on any atom is -0.464 e. The number of halogens is 1. The maximum atomic E-state index is 13.4. The standard InChI is InChI=1S/C24H35BrN2O7/c1-4-27(17-10-8-7-9-11-17)14-16-12-15(13-18(25)19(16)26)20(28)24(32,23(31)34-6-3)21(29)22(30)33-5-2/h12-13,17,21,29,32H,4-11,14,26H2,1-3H3. The third-order valence-corrected chi connectivity index (χ3v) is 6.84. The van der Waals surface area contributed by atoms with Crippen molar-refractivity contribution in [1.29, 1.82) is 0 Å². The van der Waals surface area contributed by atoms with Crippen LogP contribution in [0.2, 0.25) is 0 Å². The Morgan fingerprint density at radius 3 is 2.32 bits per heavy atom. The Morgan fingerprint density at radius 1 is 1.15 bits per heavy atom. The highest BCUT2D eigenvalue weighted by Crippen LogP contribution is 2.32. The lowest BCUT2D eigenvalue weighted by Gasteiger charge is -2.34. The van der Waals surface area contributed by atoms with Crippen LogP contribution in [0.3, 0.4) is 0 Å². The largest absolute Gasteiger partial charge is 0.464 e. The van der Waals surface area contributed by atoms with Crippen molar-refractivity contribution in [3.05, 3.63) is 27.7 Å². The highest BCUT2D eigenvalue weighted by atomic mass is 79.9. The SMILES string of the molecule is CCOC(=O)C(O)C(O)(C(=O)OCC)C(=O)c1cc(Br)c(N)c(CN(CC)C2CCCCC2)c1. The molecule has 9 nitrogen and oxygen atoms in total. The van der Waals surface area contributed by atoms with Gasteiger partial charge in [-0.1, -0.05) is 26.2 Å². The maximum absolute atomic E-state index is 13.4. The number of carbonyl (C=O) groups excluding carboxylic acids is 3. The first-order chi connectivity index (χ1) is 16.1. The molecular formula is C24H35BrN2O7. The second-order valence-corrected chi connectivity index (χ2v) is 9.21. The molecule has 2 atom stereocenters. The number of hydrogen-bond acceptors (Lipinski definition) is 9. The van der Waals surface area contributed by atoms with Crippen LogP contribution in [0.1, 0.15) is 68.8 Å². The summed E-state index contributed by atoms with van der Waals surface area (Å²) in [7, 11) is 0. The summed E-state index contributed by atoms with van der Waals surface area (Å²) in [4.78, 5) is 40.4. The number of nitrogens with zero attached hydrogens (tertiary/aromatic N) is 1. The number of ether oxygens (including phenoxy) is 2. The molecule has 1 aromatic rings. The quantitative estimate of drug-likeness (QED) is 0.166. The number of rotatable bonds is 11. The zero-order valence-electron chi connectivity index (χ0n) is 20.0. The fraction of sp³-hybridized carbons (Fsp3) is 0.625. The zero-order valence-corrected chi connectivity index (χ0v) is 21.6. The van der Waals surface area contributed by atoms with E-state index in [9.17, 15) is 24.6 Å². The highest BCUT2D eigenvalue weighted by Gasteiger charge is 2.56. The summed E-state index contributed by atoms with van der Waals surface area (Å²) in [5, 5.41) is 21.5. The fourth-order valence-corrected chi connectivity index (χ4v) is 4.78. The monoisotopic (exact) mass is 542 g/mol. The first kappa shape index (κ1) is 28.2. The molecule has 190 valence electrons. The van der Waals surface area contributed by atoms with Gasteiger partial charge in [-0.05, 0) is 66.9 Å².